The number of aryl methyl sites for hydroxylation is 1. The summed E-state index contributed by atoms with van der Waals surface area (Å²) in [6.45, 7) is 3.94. The van der Waals surface area contributed by atoms with Crippen LogP contribution in [0.3, 0.4) is 0 Å². The smallest absolute Gasteiger partial charge is 0.336 e. The van der Waals surface area contributed by atoms with Gasteiger partial charge in [0.05, 0.1) is 11.5 Å². The first kappa shape index (κ1) is 19.1. The van der Waals surface area contributed by atoms with Crippen molar-refractivity contribution in [1.82, 2.24) is 0 Å². The van der Waals surface area contributed by atoms with Gasteiger partial charge in [0.2, 0.25) is 0 Å². The van der Waals surface area contributed by atoms with Crippen molar-refractivity contribution in [2.24, 2.45) is 10.9 Å². The fourth-order valence-electron chi connectivity index (χ4n) is 5.05. The molecule has 4 heteroatoms. The second-order valence-corrected chi connectivity index (χ2v) is 8.40. The van der Waals surface area contributed by atoms with Crippen LogP contribution >= 0.6 is 0 Å². The van der Waals surface area contributed by atoms with Crippen molar-refractivity contribution >= 4 is 17.5 Å². The number of allylic oxidation sites excluding steroid dienone is 1. The fourth-order valence-corrected chi connectivity index (χ4v) is 5.05. The lowest BCUT2D eigenvalue weighted by molar-refractivity contribution is -0.146. The number of hydrogen-bond acceptors (Lipinski definition) is 4. The highest BCUT2D eigenvalue weighted by Gasteiger charge is 2.44. The molecule has 4 rings (SSSR count). The molecule has 2 aliphatic carbocycles. The zero-order chi connectivity index (χ0) is 19.7. The van der Waals surface area contributed by atoms with Gasteiger partial charge in [-0.3, -0.25) is 9.79 Å². The molecule has 0 spiro atoms. The van der Waals surface area contributed by atoms with Crippen LogP contribution in [0.1, 0.15) is 75.3 Å². The SMILES string of the molecule is CC1=C(C(=O)OC2CCCCC2)[C@@H](c2ccccc2C)C2C(=O)CCCC2=N1. The Morgan fingerprint density at radius 2 is 1.75 bits per heavy atom. The van der Waals surface area contributed by atoms with E-state index in [1.54, 1.807) is 0 Å². The monoisotopic (exact) mass is 379 g/mol. The number of rotatable bonds is 3. The molecule has 2 fully saturated rings. The average molecular weight is 380 g/mol. The minimum absolute atomic E-state index is 0.00787. The first-order chi connectivity index (χ1) is 13.6. The third kappa shape index (κ3) is 3.57. The molecule has 0 N–H and O–H groups in total. The summed E-state index contributed by atoms with van der Waals surface area (Å²) < 4.78 is 5.93. The Morgan fingerprint density at radius 1 is 1.00 bits per heavy atom. The number of ether oxygens (including phenoxy) is 1. The molecular formula is C24H29NO3. The molecular weight excluding hydrogens is 350 g/mol. The number of fused-ring (bicyclic) bond motifs is 1. The van der Waals surface area contributed by atoms with Crippen LogP contribution in [0.25, 0.3) is 0 Å². The van der Waals surface area contributed by atoms with Gasteiger partial charge >= 0.3 is 5.97 Å². The van der Waals surface area contributed by atoms with Gasteiger partial charge in [-0.2, -0.15) is 0 Å². The van der Waals surface area contributed by atoms with Crippen LogP contribution in [-0.4, -0.2) is 23.6 Å². The standard InChI is InChI=1S/C24H29NO3/c1-15-9-6-7-12-18(15)22-21(24(27)28-17-10-4-3-5-11-17)16(2)25-19-13-8-14-20(26)23(19)22/h6-7,9,12,17,22-23H,3-5,8,10-11,13-14H2,1-2H3/t22-,23?/m1/s1. The van der Waals surface area contributed by atoms with Crippen molar-refractivity contribution in [2.45, 2.75) is 77.2 Å². The van der Waals surface area contributed by atoms with Crippen LogP contribution in [0, 0.1) is 12.8 Å². The zero-order valence-electron chi connectivity index (χ0n) is 16.9. The quantitative estimate of drug-likeness (QED) is 0.690. The van der Waals surface area contributed by atoms with E-state index in [2.05, 4.69) is 0 Å². The van der Waals surface area contributed by atoms with Crippen LogP contribution in [-0.2, 0) is 14.3 Å². The highest BCUT2D eigenvalue weighted by Crippen LogP contribution is 2.44. The lowest BCUT2D eigenvalue weighted by Crippen LogP contribution is -2.39. The first-order valence-electron chi connectivity index (χ1n) is 10.6. The molecule has 0 amide bonds. The molecule has 1 heterocycles. The van der Waals surface area contributed by atoms with Crippen LogP contribution < -0.4 is 0 Å². The Kier molecular flexibility index (Phi) is 5.47. The van der Waals surface area contributed by atoms with Crippen LogP contribution in [0.4, 0.5) is 0 Å². The van der Waals surface area contributed by atoms with Crippen LogP contribution in [0.15, 0.2) is 40.5 Å². The lowest BCUT2D eigenvalue weighted by Gasteiger charge is -2.36. The molecule has 1 aromatic carbocycles. The van der Waals surface area contributed by atoms with Gasteiger partial charge in [-0.15, -0.1) is 0 Å². The number of carbonyl (C=O) groups excluding carboxylic acids is 2. The Hall–Kier alpha value is -2.23. The normalized spacial score (nSPS) is 25.9. The molecule has 1 aromatic rings. The maximum absolute atomic E-state index is 13.3. The Balaban J connectivity index is 1.75. The molecule has 1 unspecified atom stereocenters. The summed E-state index contributed by atoms with van der Waals surface area (Å²) in [5.74, 6) is -0.683. The van der Waals surface area contributed by atoms with Gasteiger partial charge in [0, 0.05) is 23.7 Å². The number of aliphatic imine (C=N–C) groups is 1. The number of esters is 1. The van der Waals surface area contributed by atoms with E-state index < -0.39 is 0 Å². The minimum atomic E-state index is -0.326. The number of hydrogen-bond donors (Lipinski definition) is 0. The summed E-state index contributed by atoms with van der Waals surface area (Å²) >= 11 is 0. The van der Waals surface area contributed by atoms with Gasteiger partial charge < -0.3 is 4.74 Å². The molecule has 0 saturated heterocycles. The number of carbonyl (C=O) groups is 2. The van der Waals surface area contributed by atoms with Crippen molar-refractivity contribution in [1.29, 1.82) is 0 Å². The third-order valence-electron chi connectivity index (χ3n) is 6.48. The maximum atomic E-state index is 13.3. The van der Waals surface area contributed by atoms with Crippen molar-refractivity contribution in [3.05, 3.63) is 46.7 Å². The van der Waals surface area contributed by atoms with Gasteiger partial charge in [-0.1, -0.05) is 30.7 Å². The van der Waals surface area contributed by atoms with E-state index in [9.17, 15) is 9.59 Å². The highest BCUT2D eigenvalue weighted by atomic mass is 16.5. The summed E-state index contributed by atoms with van der Waals surface area (Å²) in [7, 11) is 0. The Labute approximate surface area is 167 Å². The average Bonchev–Trinajstić information content (AvgIpc) is 2.68. The van der Waals surface area contributed by atoms with E-state index in [-0.39, 0.29) is 29.7 Å². The zero-order valence-corrected chi connectivity index (χ0v) is 16.9. The summed E-state index contributed by atoms with van der Waals surface area (Å²) in [4.78, 5) is 31.0. The second kappa shape index (κ2) is 8.02. The fraction of sp³-hybridized carbons (Fsp3) is 0.542. The van der Waals surface area contributed by atoms with Crippen molar-refractivity contribution < 1.29 is 14.3 Å². The number of ketones is 1. The van der Waals surface area contributed by atoms with E-state index in [1.165, 1.54) is 6.42 Å². The van der Waals surface area contributed by atoms with E-state index in [0.717, 1.165) is 61.1 Å². The second-order valence-electron chi connectivity index (χ2n) is 8.40. The summed E-state index contributed by atoms with van der Waals surface area (Å²) in [6.07, 6.45) is 7.55. The van der Waals surface area contributed by atoms with Gasteiger partial charge in [0.1, 0.15) is 11.9 Å². The van der Waals surface area contributed by atoms with Gasteiger partial charge in [-0.05, 0) is 63.5 Å². The molecule has 4 nitrogen and oxygen atoms in total. The topological polar surface area (TPSA) is 55.7 Å². The summed E-state index contributed by atoms with van der Waals surface area (Å²) in [5, 5.41) is 0. The molecule has 2 atom stereocenters. The predicted octanol–water partition coefficient (Wildman–Crippen LogP) is 5.05. The molecule has 2 saturated carbocycles. The van der Waals surface area contributed by atoms with E-state index in [4.69, 9.17) is 9.73 Å². The maximum Gasteiger partial charge on any atom is 0.336 e. The largest absolute Gasteiger partial charge is 0.459 e. The highest BCUT2D eigenvalue weighted by molar-refractivity contribution is 6.11. The van der Waals surface area contributed by atoms with Crippen molar-refractivity contribution in [3.8, 4) is 0 Å². The third-order valence-corrected chi connectivity index (χ3v) is 6.48. The molecule has 0 bridgehead atoms. The molecule has 1 aliphatic heterocycles. The lowest BCUT2D eigenvalue weighted by atomic mass is 9.68. The molecule has 0 radical (unpaired) electrons. The van der Waals surface area contributed by atoms with Crippen molar-refractivity contribution in [3.63, 3.8) is 0 Å². The first-order valence-corrected chi connectivity index (χ1v) is 10.6. The van der Waals surface area contributed by atoms with Gasteiger partial charge in [0.15, 0.2) is 0 Å². The summed E-state index contributed by atoms with van der Waals surface area (Å²) in [6, 6.07) is 8.08. The molecule has 0 aromatic heterocycles. The number of benzene rings is 1. The van der Waals surface area contributed by atoms with E-state index >= 15 is 0 Å². The van der Waals surface area contributed by atoms with Crippen LogP contribution in [0.5, 0.6) is 0 Å². The Bertz CT molecular complexity index is 845. The molecule has 148 valence electrons. The summed E-state index contributed by atoms with van der Waals surface area (Å²) in [5.41, 5.74) is 4.39. The van der Waals surface area contributed by atoms with Crippen LogP contribution in [0.2, 0.25) is 0 Å². The Morgan fingerprint density at radius 3 is 2.50 bits per heavy atom. The number of nitrogens with zero attached hydrogens (tertiary/aromatic N) is 1. The van der Waals surface area contributed by atoms with Gasteiger partial charge in [-0.25, -0.2) is 4.79 Å². The van der Waals surface area contributed by atoms with Gasteiger partial charge in [0.25, 0.3) is 0 Å². The van der Waals surface area contributed by atoms with E-state index in [1.807, 2.05) is 38.1 Å². The van der Waals surface area contributed by atoms with E-state index in [0.29, 0.717) is 12.0 Å². The predicted molar refractivity (Wildman–Crippen MR) is 109 cm³/mol. The van der Waals surface area contributed by atoms with Crippen molar-refractivity contribution in [2.75, 3.05) is 0 Å². The molecule has 3 aliphatic rings. The molecule has 28 heavy (non-hydrogen) atoms. The number of Topliss-reactive ketones (excluding diaryl/α,β-unsaturated/α-hetero) is 1. The minimum Gasteiger partial charge on any atom is -0.459 e.